The summed E-state index contributed by atoms with van der Waals surface area (Å²) < 4.78 is 2.71. The Bertz CT molecular complexity index is 632. The van der Waals surface area contributed by atoms with Crippen LogP contribution in [0.5, 0.6) is 0 Å². The number of aryl methyl sites for hydroxylation is 1. The van der Waals surface area contributed by atoms with Crippen LogP contribution in [-0.4, -0.2) is 20.9 Å². The minimum Gasteiger partial charge on any atom is -0.478 e. The first kappa shape index (κ1) is 13.8. The van der Waals surface area contributed by atoms with Gasteiger partial charge < -0.3 is 5.11 Å². The van der Waals surface area contributed by atoms with Gasteiger partial charge in [-0.2, -0.15) is 5.10 Å². The lowest BCUT2D eigenvalue weighted by Crippen LogP contribution is -2.09. The van der Waals surface area contributed by atoms with Crippen LogP contribution >= 0.6 is 15.9 Å². The minimum absolute atomic E-state index is 0.0802. The van der Waals surface area contributed by atoms with Gasteiger partial charge in [0.05, 0.1) is 17.6 Å². The van der Waals surface area contributed by atoms with E-state index in [0.29, 0.717) is 0 Å². The van der Waals surface area contributed by atoms with Gasteiger partial charge in [-0.05, 0) is 36.6 Å². The molecule has 0 unspecified atom stereocenters. The predicted octanol–water partition coefficient (Wildman–Crippen LogP) is 3.76. The highest BCUT2D eigenvalue weighted by Gasteiger charge is 2.20. The average molecular weight is 323 g/mol. The zero-order valence-corrected chi connectivity index (χ0v) is 12.6. The molecule has 2 aromatic rings. The van der Waals surface area contributed by atoms with Crippen LogP contribution in [0.15, 0.2) is 28.9 Å². The van der Waals surface area contributed by atoms with Gasteiger partial charge in [-0.3, -0.25) is 0 Å². The van der Waals surface area contributed by atoms with Crippen LogP contribution in [0.3, 0.4) is 0 Å². The lowest BCUT2D eigenvalue weighted by molar-refractivity contribution is 0.0695. The van der Waals surface area contributed by atoms with E-state index in [1.165, 1.54) is 6.20 Å². The number of aromatic nitrogens is 2. The van der Waals surface area contributed by atoms with Gasteiger partial charge >= 0.3 is 5.97 Å². The largest absolute Gasteiger partial charge is 0.478 e. The Morgan fingerprint density at radius 2 is 2.11 bits per heavy atom. The molecule has 19 heavy (non-hydrogen) atoms. The van der Waals surface area contributed by atoms with E-state index in [-0.39, 0.29) is 11.5 Å². The van der Waals surface area contributed by atoms with Gasteiger partial charge in [-0.25, -0.2) is 9.48 Å². The maximum atomic E-state index is 11.2. The molecule has 4 nitrogen and oxygen atoms in total. The highest BCUT2D eigenvalue weighted by Crippen LogP contribution is 2.26. The Hall–Kier alpha value is -1.62. The molecule has 1 aromatic heterocycles. The number of rotatable bonds is 3. The van der Waals surface area contributed by atoms with Crippen LogP contribution in [0.1, 0.15) is 41.4 Å². The first-order chi connectivity index (χ1) is 8.91. The van der Waals surface area contributed by atoms with Crippen molar-refractivity contribution in [1.82, 2.24) is 9.78 Å². The van der Waals surface area contributed by atoms with Crippen molar-refractivity contribution in [3.8, 4) is 5.69 Å². The summed E-state index contributed by atoms with van der Waals surface area (Å²) in [6.07, 6.45) is 1.42. The first-order valence-corrected chi connectivity index (χ1v) is 6.79. The van der Waals surface area contributed by atoms with E-state index in [9.17, 15) is 9.90 Å². The minimum atomic E-state index is -0.940. The Morgan fingerprint density at radius 3 is 2.63 bits per heavy atom. The van der Waals surface area contributed by atoms with E-state index in [2.05, 4.69) is 21.0 Å². The van der Waals surface area contributed by atoms with E-state index in [1.54, 1.807) is 4.68 Å². The second-order valence-electron chi connectivity index (χ2n) is 4.75. The molecule has 0 fully saturated rings. The third-order valence-corrected chi connectivity index (χ3v) is 3.46. The number of carboxylic acids is 1. The molecular weight excluding hydrogens is 308 g/mol. The smallest absolute Gasteiger partial charge is 0.339 e. The molecule has 1 heterocycles. The van der Waals surface area contributed by atoms with Crippen molar-refractivity contribution < 1.29 is 9.90 Å². The van der Waals surface area contributed by atoms with Crippen molar-refractivity contribution in [3.05, 3.63) is 45.7 Å². The zero-order valence-electron chi connectivity index (χ0n) is 11.0. The number of hydrogen-bond donors (Lipinski definition) is 1. The van der Waals surface area contributed by atoms with Gasteiger partial charge in [0.1, 0.15) is 5.56 Å². The number of carbonyl (C=O) groups is 1. The van der Waals surface area contributed by atoms with Crippen molar-refractivity contribution in [2.24, 2.45) is 0 Å². The molecule has 0 amide bonds. The monoisotopic (exact) mass is 322 g/mol. The Morgan fingerprint density at radius 1 is 1.42 bits per heavy atom. The summed E-state index contributed by atoms with van der Waals surface area (Å²) in [4.78, 5) is 11.2. The van der Waals surface area contributed by atoms with Gasteiger partial charge in [-0.15, -0.1) is 0 Å². The summed E-state index contributed by atoms with van der Waals surface area (Å²) in [5.41, 5.74) is 2.92. The molecule has 1 N–H and O–H groups in total. The fourth-order valence-electron chi connectivity index (χ4n) is 2.13. The van der Waals surface area contributed by atoms with E-state index >= 15 is 0 Å². The lowest BCUT2D eigenvalue weighted by Gasteiger charge is -2.13. The molecule has 0 atom stereocenters. The quantitative estimate of drug-likeness (QED) is 0.935. The van der Waals surface area contributed by atoms with E-state index in [0.717, 1.165) is 21.4 Å². The summed E-state index contributed by atoms with van der Waals surface area (Å²) in [5, 5.41) is 13.5. The molecule has 0 saturated carbocycles. The summed E-state index contributed by atoms with van der Waals surface area (Å²) in [6.45, 7) is 5.91. The van der Waals surface area contributed by atoms with Crippen LogP contribution in [0.2, 0.25) is 0 Å². The topological polar surface area (TPSA) is 55.1 Å². The number of hydrogen-bond acceptors (Lipinski definition) is 2. The van der Waals surface area contributed by atoms with Crippen molar-refractivity contribution >= 4 is 21.9 Å². The fourth-order valence-corrected chi connectivity index (χ4v) is 2.60. The van der Waals surface area contributed by atoms with E-state index < -0.39 is 5.97 Å². The molecule has 0 saturated heterocycles. The van der Waals surface area contributed by atoms with Gasteiger partial charge in [0.15, 0.2) is 0 Å². The Balaban J connectivity index is 2.65. The van der Waals surface area contributed by atoms with Crippen molar-refractivity contribution in [3.63, 3.8) is 0 Å². The molecule has 0 aliphatic heterocycles. The molecule has 0 radical (unpaired) electrons. The van der Waals surface area contributed by atoms with Crippen LogP contribution in [0.4, 0.5) is 0 Å². The lowest BCUT2D eigenvalue weighted by atomic mass is 10.1. The number of halogens is 1. The van der Waals surface area contributed by atoms with Crippen molar-refractivity contribution in [1.29, 1.82) is 0 Å². The van der Waals surface area contributed by atoms with E-state index in [4.69, 9.17) is 0 Å². The molecule has 2 rings (SSSR count). The summed E-state index contributed by atoms with van der Waals surface area (Å²) in [6, 6.07) is 5.85. The summed E-state index contributed by atoms with van der Waals surface area (Å²) >= 11 is 3.42. The second kappa shape index (κ2) is 5.17. The Kier molecular flexibility index (Phi) is 3.75. The maximum Gasteiger partial charge on any atom is 0.339 e. The number of carboxylic acid groups (broad SMARTS) is 1. The summed E-state index contributed by atoms with van der Waals surface area (Å²) in [5.74, 6) is -0.860. The maximum absolute atomic E-state index is 11.2. The van der Waals surface area contributed by atoms with Gasteiger partial charge in [0.25, 0.3) is 0 Å². The zero-order chi connectivity index (χ0) is 14.2. The third kappa shape index (κ3) is 2.56. The molecule has 0 spiro atoms. The second-order valence-corrected chi connectivity index (χ2v) is 5.66. The van der Waals surface area contributed by atoms with Crippen LogP contribution in [0.25, 0.3) is 5.69 Å². The SMILES string of the molecule is Cc1cc(Br)ccc1-n1ncc(C(=O)O)c1C(C)C. The van der Waals surface area contributed by atoms with Gasteiger partial charge in [-0.1, -0.05) is 29.8 Å². The highest BCUT2D eigenvalue weighted by molar-refractivity contribution is 9.10. The normalized spacial score (nSPS) is 11.0. The average Bonchev–Trinajstić information content (AvgIpc) is 2.73. The standard InChI is InChI=1S/C14H15BrN2O2/c1-8(2)13-11(14(18)19)7-16-17(13)12-5-4-10(15)6-9(12)3/h4-8H,1-3H3,(H,18,19). The predicted molar refractivity (Wildman–Crippen MR) is 77.0 cm³/mol. The van der Waals surface area contributed by atoms with Crippen LogP contribution in [-0.2, 0) is 0 Å². The molecular formula is C14H15BrN2O2. The molecule has 1 aromatic carbocycles. The number of aromatic carboxylic acids is 1. The molecule has 100 valence electrons. The van der Waals surface area contributed by atoms with Gasteiger partial charge in [0.2, 0.25) is 0 Å². The molecule has 0 bridgehead atoms. The molecule has 5 heteroatoms. The van der Waals surface area contributed by atoms with E-state index in [1.807, 2.05) is 39.0 Å². The van der Waals surface area contributed by atoms with Crippen LogP contribution in [0, 0.1) is 6.92 Å². The summed E-state index contributed by atoms with van der Waals surface area (Å²) in [7, 11) is 0. The van der Waals surface area contributed by atoms with Crippen molar-refractivity contribution in [2.75, 3.05) is 0 Å². The molecule has 0 aliphatic carbocycles. The molecule has 0 aliphatic rings. The fraction of sp³-hybridized carbons (Fsp3) is 0.286. The number of benzene rings is 1. The number of nitrogens with zero attached hydrogens (tertiary/aromatic N) is 2. The highest BCUT2D eigenvalue weighted by atomic mass is 79.9. The van der Waals surface area contributed by atoms with Crippen LogP contribution < -0.4 is 0 Å². The van der Waals surface area contributed by atoms with Gasteiger partial charge in [0, 0.05) is 4.47 Å². The Labute approximate surface area is 120 Å². The van der Waals surface area contributed by atoms with Crippen molar-refractivity contribution in [2.45, 2.75) is 26.7 Å². The third-order valence-electron chi connectivity index (χ3n) is 2.97. The first-order valence-electron chi connectivity index (χ1n) is 5.99.